The first-order chi connectivity index (χ1) is 14.2. The van der Waals surface area contributed by atoms with Crippen molar-refractivity contribution in [3.63, 3.8) is 0 Å². The number of ketones is 1. The average molecular weight is 418 g/mol. The quantitative estimate of drug-likeness (QED) is 0.577. The average Bonchev–Trinajstić information content (AvgIpc) is 2.76. The molecule has 2 rings (SSSR count). The normalized spacial score (nSPS) is 15.7. The van der Waals surface area contributed by atoms with Crippen molar-refractivity contribution in [1.29, 1.82) is 0 Å². The molecule has 0 radical (unpaired) electrons. The molecule has 7 nitrogen and oxygen atoms in total. The lowest BCUT2D eigenvalue weighted by Crippen LogP contribution is -2.45. The number of carbonyl (C=O) groups excluding carboxylic acids is 3. The van der Waals surface area contributed by atoms with Crippen LogP contribution in [-0.2, 0) is 9.59 Å². The van der Waals surface area contributed by atoms with Gasteiger partial charge in [0.25, 0.3) is 11.8 Å². The lowest BCUT2D eigenvalue weighted by atomic mass is 10.0. The van der Waals surface area contributed by atoms with Gasteiger partial charge in [0, 0.05) is 57.5 Å². The van der Waals surface area contributed by atoms with Crippen LogP contribution >= 0.6 is 0 Å². The highest BCUT2D eigenvalue weighted by Crippen LogP contribution is 2.21. The second kappa shape index (κ2) is 11.1. The van der Waals surface area contributed by atoms with E-state index in [1.807, 2.05) is 38.1 Å². The van der Waals surface area contributed by atoms with E-state index in [1.165, 1.54) is 0 Å². The van der Waals surface area contributed by atoms with Gasteiger partial charge >= 0.3 is 0 Å². The number of amides is 2. The van der Waals surface area contributed by atoms with E-state index in [4.69, 9.17) is 4.74 Å². The summed E-state index contributed by atoms with van der Waals surface area (Å²) in [4.78, 5) is 42.5. The van der Waals surface area contributed by atoms with Crippen LogP contribution in [-0.4, -0.2) is 85.7 Å². The van der Waals surface area contributed by atoms with Crippen LogP contribution < -0.4 is 4.74 Å². The molecule has 1 atom stereocenters. The molecule has 1 aromatic carbocycles. The summed E-state index contributed by atoms with van der Waals surface area (Å²) >= 11 is 0. The maximum Gasteiger partial charge on any atom is 0.290 e. The number of Topliss-reactive ketones (excluding diaryl/α,β-unsaturated/α-hetero) is 1. The minimum absolute atomic E-state index is 0.0359. The summed E-state index contributed by atoms with van der Waals surface area (Å²) in [5, 5.41) is 0. The number of likely N-dealkylation sites (tertiary alicyclic amines) is 1. The summed E-state index contributed by atoms with van der Waals surface area (Å²) in [5.41, 5.74) is 0.598. The fourth-order valence-electron chi connectivity index (χ4n) is 3.30. The zero-order valence-corrected chi connectivity index (χ0v) is 18.9. The Morgan fingerprint density at radius 2 is 1.80 bits per heavy atom. The third-order valence-corrected chi connectivity index (χ3v) is 5.61. The number of nitrogens with zero attached hydrogens (tertiary/aromatic N) is 3. The Kier molecular flexibility index (Phi) is 8.84. The molecule has 166 valence electrons. The third kappa shape index (κ3) is 6.55. The van der Waals surface area contributed by atoms with Gasteiger partial charge in [0.15, 0.2) is 0 Å². The number of likely N-dealkylation sites (N-methyl/N-ethyl adjacent to an activating group) is 2. The largest absolute Gasteiger partial charge is 0.490 e. The topological polar surface area (TPSA) is 70.2 Å². The van der Waals surface area contributed by atoms with E-state index >= 15 is 0 Å². The monoisotopic (exact) mass is 417 g/mol. The van der Waals surface area contributed by atoms with Crippen LogP contribution in [0.3, 0.4) is 0 Å². The number of hydrogen-bond acceptors (Lipinski definition) is 5. The van der Waals surface area contributed by atoms with Crippen molar-refractivity contribution in [3.8, 4) is 5.75 Å². The van der Waals surface area contributed by atoms with Crippen LogP contribution in [0.5, 0.6) is 5.75 Å². The van der Waals surface area contributed by atoms with Gasteiger partial charge in [-0.2, -0.15) is 0 Å². The molecule has 0 unspecified atom stereocenters. The van der Waals surface area contributed by atoms with Crippen LogP contribution in [0.15, 0.2) is 24.3 Å². The molecule has 0 aromatic heterocycles. The van der Waals surface area contributed by atoms with E-state index in [0.29, 0.717) is 50.2 Å². The summed E-state index contributed by atoms with van der Waals surface area (Å²) in [6.07, 6.45) is 1.97. The minimum atomic E-state index is -0.379. The first kappa shape index (κ1) is 23.9. The molecule has 30 heavy (non-hydrogen) atoms. The van der Waals surface area contributed by atoms with Gasteiger partial charge in [-0.05, 0) is 38.7 Å². The van der Waals surface area contributed by atoms with Crippen LogP contribution in [0.2, 0.25) is 0 Å². The summed E-state index contributed by atoms with van der Waals surface area (Å²) in [6, 6.07) is 7.24. The van der Waals surface area contributed by atoms with Gasteiger partial charge in [-0.25, -0.2) is 0 Å². The van der Waals surface area contributed by atoms with Crippen LogP contribution in [0.1, 0.15) is 43.5 Å². The maximum atomic E-state index is 12.6. The van der Waals surface area contributed by atoms with Gasteiger partial charge < -0.3 is 19.4 Å². The Balaban J connectivity index is 1.90. The van der Waals surface area contributed by atoms with Crippen LogP contribution in [0.4, 0.5) is 0 Å². The molecule has 0 bridgehead atoms. The maximum absolute atomic E-state index is 12.6. The summed E-state index contributed by atoms with van der Waals surface area (Å²) in [7, 11) is 5.75. The molecule has 0 spiro atoms. The van der Waals surface area contributed by atoms with Crippen molar-refractivity contribution in [2.75, 3.05) is 47.3 Å². The Bertz CT molecular complexity index is 742. The zero-order valence-electron chi connectivity index (χ0n) is 18.9. The highest BCUT2D eigenvalue weighted by Gasteiger charge is 2.29. The fourth-order valence-corrected chi connectivity index (χ4v) is 3.30. The molecule has 1 saturated heterocycles. The summed E-state index contributed by atoms with van der Waals surface area (Å²) in [6.45, 7) is 6.18. The summed E-state index contributed by atoms with van der Waals surface area (Å²) in [5.74, 6) is -0.297. The van der Waals surface area contributed by atoms with Crippen LogP contribution in [0.25, 0.3) is 0 Å². The number of carbonyl (C=O) groups is 3. The van der Waals surface area contributed by atoms with E-state index in [9.17, 15) is 14.4 Å². The SMILES string of the molecule is CC[C@@H](C)C(=O)C(=O)N1CCC(Oc2cccc(C(=O)N(C)CCN(C)C)c2)CC1. The van der Waals surface area contributed by atoms with Gasteiger partial charge in [-0.3, -0.25) is 14.4 Å². The molecular formula is C23H35N3O4. The van der Waals surface area contributed by atoms with Crippen molar-refractivity contribution >= 4 is 17.6 Å². The number of ether oxygens (including phenoxy) is 1. The van der Waals surface area contributed by atoms with Crippen molar-refractivity contribution in [2.24, 2.45) is 5.92 Å². The van der Waals surface area contributed by atoms with Crippen molar-refractivity contribution < 1.29 is 19.1 Å². The lowest BCUT2D eigenvalue weighted by Gasteiger charge is -2.32. The first-order valence-electron chi connectivity index (χ1n) is 10.7. The van der Waals surface area contributed by atoms with E-state index in [2.05, 4.69) is 0 Å². The molecule has 1 aliphatic rings. The molecule has 2 amide bonds. The van der Waals surface area contributed by atoms with Crippen LogP contribution in [0, 0.1) is 5.92 Å². The van der Waals surface area contributed by atoms with E-state index in [-0.39, 0.29) is 29.6 Å². The molecule has 0 N–H and O–H groups in total. The van der Waals surface area contributed by atoms with E-state index in [0.717, 1.165) is 6.54 Å². The number of hydrogen-bond donors (Lipinski definition) is 0. The Hall–Kier alpha value is -2.41. The molecule has 1 aliphatic heterocycles. The minimum Gasteiger partial charge on any atom is -0.490 e. The Morgan fingerprint density at radius 1 is 1.13 bits per heavy atom. The van der Waals surface area contributed by atoms with Gasteiger partial charge in [0.2, 0.25) is 5.78 Å². The number of benzene rings is 1. The summed E-state index contributed by atoms with van der Waals surface area (Å²) < 4.78 is 6.08. The van der Waals surface area contributed by atoms with Gasteiger partial charge in [0.1, 0.15) is 11.9 Å². The number of piperidine rings is 1. The van der Waals surface area contributed by atoms with Gasteiger partial charge in [-0.1, -0.05) is 19.9 Å². The molecule has 1 fully saturated rings. The molecular weight excluding hydrogens is 382 g/mol. The molecule has 0 aliphatic carbocycles. The molecule has 7 heteroatoms. The second-order valence-corrected chi connectivity index (χ2v) is 8.34. The molecule has 1 aromatic rings. The lowest BCUT2D eigenvalue weighted by molar-refractivity contribution is -0.147. The molecule has 0 saturated carbocycles. The van der Waals surface area contributed by atoms with E-state index in [1.54, 1.807) is 35.9 Å². The second-order valence-electron chi connectivity index (χ2n) is 8.34. The zero-order chi connectivity index (χ0) is 22.3. The third-order valence-electron chi connectivity index (χ3n) is 5.61. The highest BCUT2D eigenvalue weighted by molar-refractivity contribution is 6.36. The standard InChI is InChI=1S/C23H35N3O4/c1-6-17(2)21(27)23(29)26-12-10-19(11-13-26)30-20-9-7-8-18(16-20)22(28)25(5)15-14-24(3)4/h7-9,16-17,19H,6,10-15H2,1-5H3/t17-/m1/s1. The van der Waals surface area contributed by atoms with Gasteiger partial charge in [0.05, 0.1) is 0 Å². The first-order valence-corrected chi connectivity index (χ1v) is 10.7. The Labute approximate surface area is 180 Å². The smallest absolute Gasteiger partial charge is 0.290 e. The number of rotatable bonds is 9. The van der Waals surface area contributed by atoms with Crippen molar-refractivity contribution in [2.45, 2.75) is 39.2 Å². The fraction of sp³-hybridized carbons (Fsp3) is 0.609. The highest BCUT2D eigenvalue weighted by atomic mass is 16.5. The van der Waals surface area contributed by atoms with E-state index < -0.39 is 0 Å². The van der Waals surface area contributed by atoms with Crippen molar-refractivity contribution in [3.05, 3.63) is 29.8 Å². The Morgan fingerprint density at radius 3 is 2.40 bits per heavy atom. The molecule has 1 heterocycles. The van der Waals surface area contributed by atoms with Crippen molar-refractivity contribution in [1.82, 2.24) is 14.7 Å². The predicted octanol–water partition coefficient (Wildman–Crippen LogP) is 2.31. The predicted molar refractivity (Wildman–Crippen MR) is 117 cm³/mol. The van der Waals surface area contributed by atoms with Gasteiger partial charge in [-0.15, -0.1) is 0 Å².